The lowest BCUT2D eigenvalue weighted by Gasteiger charge is -2.18. The van der Waals surface area contributed by atoms with E-state index in [1.54, 1.807) is 61.7 Å². The van der Waals surface area contributed by atoms with Crippen LogP contribution in [0.1, 0.15) is 26.9 Å². The summed E-state index contributed by atoms with van der Waals surface area (Å²) >= 11 is 4.82. The van der Waals surface area contributed by atoms with Gasteiger partial charge in [0, 0.05) is 44.0 Å². The molecule has 0 saturated heterocycles. The third-order valence-electron chi connectivity index (χ3n) is 7.61. The number of benzene rings is 5. The van der Waals surface area contributed by atoms with Gasteiger partial charge in [-0.15, -0.1) is 11.8 Å². The highest BCUT2D eigenvalue weighted by molar-refractivity contribution is 9.10. The predicted molar refractivity (Wildman–Crippen MR) is 205 cm³/mol. The van der Waals surface area contributed by atoms with Gasteiger partial charge in [-0.3, -0.25) is 14.4 Å². The first kappa shape index (κ1) is 35.0. The molecular weight excluding hydrogens is 726 g/mol. The summed E-state index contributed by atoms with van der Waals surface area (Å²) in [7, 11) is 1.58. The smallest absolute Gasteiger partial charge is 0.272 e. The van der Waals surface area contributed by atoms with Crippen LogP contribution in [0.4, 0.5) is 11.4 Å². The number of thioether (sulfide) groups is 1. The van der Waals surface area contributed by atoms with Gasteiger partial charge in [0.1, 0.15) is 28.2 Å². The number of anilines is 2. The average molecular weight is 759 g/mol. The Hall–Kier alpha value is -5.84. The zero-order valence-electron chi connectivity index (χ0n) is 27.3. The first-order valence-electron chi connectivity index (χ1n) is 15.9. The van der Waals surface area contributed by atoms with Crippen molar-refractivity contribution in [2.24, 2.45) is 0 Å². The second kappa shape index (κ2) is 16.7. The van der Waals surface area contributed by atoms with Gasteiger partial charge in [0.05, 0.1) is 7.11 Å². The molecule has 10 heteroatoms. The van der Waals surface area contributed by atoms with E-state index in [4.69, 9.17) is 9.15 Å². The van der Waals surface area contributed by atoms with Crippen LogP contribution < -0.4 is 20.7 Å². The van der Waals surface area contributed by atoms with Gasteiger partial charge in [0.2, 0.25) is 5.91 Å². The van der Waals surface area contributed by atoms with E-state index in [-0.39, 0.29) is 11.6 Å². The third kappa shape index (κ3) is 9.45. The summed E-state index contributed by atoms with van der Waals surface area (Å²) < 4.78 is 12.3. The van der Waals surface area contributed by atoms with E-state index in [0.717, 1.165) is 20.5 Å². The number of carbonyl (C=O) groups is 3. The van der Waals surface area contributed by atoms with Gasteiger partial charge in [0.15, 0.2) is 0 Å². The fraction of sp³-hybridized carbons (Fsp3) is 0.0488. The Morgan fingerprint density at radius 1 is 0.745 bits per heavy atom. The van der Waals surface area contributed by atoms with E-state index in [9.17, 15) is 14.4 Å². The Bertz CT molecular complexity index is 2150. The minimum atomic E-state index is -0.559. The van der Waals surface area contributed by atoms with Gasteiger partial charge >= 0.3 is 0 Å². The van der Waals surface area contributed by atoms with Crippen molar-refractivity contribution in [3.05, 3.63) is 173 Å². The number of amides is 3. The lowest BCUT2D eigenvalue weighted by atomic mass is 10.1. The maximum absolute atomic E-state index is 13.6. The predicted octanol–water partition coefficient (Wildman–Crippen LogP) is 9.60. The van der Waals surface area contributed by atoms with Gasteiger partial charge < -0.3 is 25.1 Å². The Labute approximate surface area is 308 Å². The van der Waals surface area contributed by atoms with Crippen LogP contribution in [-0.4, -0.2) is 24.8 Å². The standard InChI is InChI=1S/C41H32BrN3O5S/c1-49-33-14-8-13-32(25-33)44-41(48)38(28-9-4-2-5-10-28)51-35-22-19-31(20-23-35)43-40(47)36(45-39(46)29-11-6-3-7-12-29)26-34-21-24-37(50-34)27-15-17-30(42)18-16-27/h2-26,38H,1H3,(H,43,47)(H,44,48)(H,45,46)/b36-26-/t38-/m0/s1. The minimum Gasteiger partial charge on any atom is -0.497 e. The van der Waals surface area contributed by atoms with Crippen molar-refractivity contribution < 1.29 is 23.5 Å². The quantitative estimate of drug-likeness (QED) is 0.0848. The molecule has 8 nitrogen and oxygen atoms in total. The minimum absolute atomic E-state index is 0.00244. The van der Waals surface area contributed by atoms with Gasteiger partial charge in [-0.25, -0.2) is 0 Å². The molecule has 3 N–H and O–H groups in total. The van der Waals surface area contributed by atoms with Crippen molar-refractivity contribution in [1.29, 1.82) is 0 Å². The molecule has 0 aliphatic rings. The highest BCUT2D eigenvalue weighted by Gasteiger charge is 2.23. The van der Waals surface area contributed by atoms with E-state index in [1.165, 1.54) is 17.8 Å². The molecule has 0 aliphatic heterocycles. The highest BCUT2D eigenvalue weighted by Crippen LogP contribution is 2.37. The monoisotopic (exact) mass is 757 g/mol. The number of carbonyl (C=O) groups excluding carboxylic acids is 3. The molecule has 6 aromatic rings. The Morgan fingerprint density at radius 2 is 1.45 bits per heavy atom. The second-order valence-corrected chi connectivity index (χ2v) is 13.3. The molecular formula is C41H32BrN3O5S. The van der Waals surface area contributed by atoms with Crippen molar-refractivity contribution >= 4 is 62.9 Å². The topological polar surface area (TPSA) is 110 Å². The molecule has 0 spiro atoms. The van der Waals surface area contributed by atoms with E-state index >= 15 is 0 Å². The molecule has 0 saturated carbocycles. The molecule has 5 aromatic carbocycles. The first-order valence-corrected chi connectivity index (χ1v) is 17.5. The fourth-order valence-corrected chi connectivity index (χ4v) is 6.33. The van der Waals surface area contributed by atoms with E-state index in [2.05, 4.69) is 31.9 Å². The molecule has 0 aliphatic carbocycles. The average Bonchev–Trinajstić information content (AvgIpc) is 3.63. The molecule has 0 bridgehead atoms. The normalized spacial score (nSPS) is 11.7. The number of nitrogens with one attached hydrogen (secondary N) is 3. The second-order valence-electron chi connectivity index (χ2n) is 11.2. The van der Waals surface area contributed by atoms with Crippen LogP contribution in [0, 0.1) is 0 Å². The van der Waals surface area contributed by atoms with Crippen molar-refractivity contribution in [2.75, 3.05) is 17.7 Å². The zero-order valence-corrected chi connectivity index (χ0v) is 29.7. The van der Waals surface area contributed by atoms with Crippen LogP contribution in [-0.2, 0) is 9.59 Å². The van der Waals surface area contributed by atoms with Crippen LogP contribution in [0.5, 0.6) is 5.75 Å². The van der Waals surface area contributed by atoms with Crippen LogP contribution in [0.3, 0.4) is 0 Å². The summed E-state index contributed by atoms with van der Waals surface area (Å²) in [4.78, 5) is 41.1. The summed E-state index contributed by atoms with van der Waals surface area (Å²) in [5.74, 6) is 0.464. The zero-order chi connectivity index (χ0) is 35.6. The molecule has 1 heterocycles. The highest BCUT2D eigenvalue weighted by atomic mass is 79.9. The number of hydrogen-bond donors (Lipinski definition) is 3. The first-order chi connectivity index (χ1) is 24.8. The van der Waals surface area contributed by atoms with Crippen molar-refractivity contribution in [2.45, 2.75) is 10.1 Å². The van der Waals surface area contributed by atoms with Gasteiger partial charge in [-0.05, 0) is 78.4 Å². The van der Waals surface area contributed by atoms with Gasteiger partial charge in [-0.1, -0.05) is 82.7 Å². The van der Waals surface area contributed by atoms with Gasteiger partial charge in [-0.2, -0.15) is 0 Å². The van der Waals surface area contributed by atoms with Crippen molar-refractivity contribution in [3.8, 4) is 17.1 Å². The summed E-state index contributed by atoms with van der Waals surface area (Å²) in [5.41, 5.74) is 3.22. The molecule has 0 fully saturated rings. The van der Waals surface area contributed by atoms with Crippen molar-refractivity contribution in [1.82, 2.24) is 5.32 Å². The van der Waals surface area contributed by atoms with Crippen molar-refractivity contribution in [3.63, 3.8) is 0 Å². The lowest BCUT2D eigenvalue weighted by molar-refractivity contribution is -0.116. The molecule has 0 radical (unpaired) electrons. The largest absolute Gasteiger partial charge is 0.497 e. The summed E-state index contributed by atoms with van der Waals surface area (Å²) in [6, 6.07) is 43.7. The number of rotatable bonds is 12. The van der Waals surface area contributed by atoms with Crippen LogP contribution in [0.25, 0.3) is 17.4 Å². The van der Waals surface area contributed by atoms with E-state index < -0.39 is 17.1 Å². The molecule has 1 aromatic heterocycles. The molecule has 254 valence electrons. The fourth-order valence-electron chi connectivity index (χ4n) is 5.05. The molecule has 0 unspecified atom stereocenters. The molecule has 3 amide bonds. The van der Waals surface area contributed by atoms with E-state index in [0.29, 0.717) is 34.2 Å². The summed E-state index contributed by atoms with van der Waals surface area (Å²) in [6.45, 7) is 0. The molecule has 51 heavy (non-hydrogen) atoms. The molecule has 6 rings (SSSR count). The van der Waals surface area contributed by atoms with Crippen LogP contribution in [0.15, 0.2) is 165 Å². The third-order valence-corrected chi connectivity index (χ3v) is 9.41. The summed E-state index contributed by atoms with van der Waals surface area (Å²) in [5, 5.41) is 8.05. The number of halogens is 1. The summed E-state index contributed by atoms with van der Waals surface area (Å²) in [6.07, 6.45) is 1.49. The van der Waals surface area contributed by atoms with Gasteiger partial charge in [0.25, 0.3) is 11.8 Å². The Balaban J connectivity index is 1.20. The number of ether oxygens (including phenoxy) is 1. The van der Waals surface area contributed by atoms with Crippen LogP contribution >= 0.6 is 27.7 Å². The number of hydrogen-bond acceptors (Lipinski definition) is 6. The van der Waals surface area contributed by atoms with E-state index in [1.807, 2.05) is 91.0 Å². The lowest BCUT2D eigenvalue weighted by Crippen LogP contribution is -2.30. The number of furan rings is 1. The number of methoxy groups -OCH3 is 1. The maximum atomic E-state index is 13.6. The van der Waals surface area contributed by atoms with Crippen LogP contribution in [0.2, 0.25) is 0 Å². The molecule has 1 atom stereocenters. The SMILES string of the molecule is COc1cccc(NC(=O)[C@@H](Sc2ccc(NC(=O)/C(=C/c3ccc(-c4ccc(Br)cc4)o3)NC(=O)c3ccccc3)cc2)c2ccccc2)c1. The Morgan fingerprint density at radius 3 is 2.16 bits per heavy atom. The maximum Gasteiger partial charge on any atom is 0.272 e. The Kier molecular flexibility index (Phi) is 11.5.